The van der Waals surface area contributed by atoms with Crippen molar-refractivity contribution in [1.29, 1.82) is 0 Å². The summed E-state index contributed by atoms with van der Waals surface area (Å²) in [6.45, 7) is 2.35. The molecular formula is C9H16O2. The van der Waals surface area contributed by atoms with E-state index < -0.39 is 0 Å². The Labute approximate surface area is 67.9 Å². The van der Waals surface area contributed by atoms with E-state index >= 15 is 0 Å². The molecule has 2 heteroatoms. The molecule has 0 saturated heterocycles. The summed E-state index contributed by atoms with van der Waals surface area (Å²) in [6.07, 6.45) is 4.50. The monoisotopic (exact) mass is 156 g/mol. The molecule has 1 rings (SSSR count). The Hall–Kier alpha value is -0.370. The molecule has 0 heterocycles. The van der Waals surface area contributed by atoms with Crippen LogP contribution in [0, 0.1) is 5.41 Å². The van der Waals surface area contributed by atoms with Crippen molar-refractivity contribution < 1.29 is 9.53 Å². The van der Waals surface area contributed by atoms with Crippen LogP contribution in [-0.4, -0.2) is 19.5 Å². The first-order valence-electron chi connectivity index (χ1n) is 4.21. The molecule has 0 spiro atoms. The second-order valence-electron chi connectivity index (χ2n) is 3.62. The molecule has 1 saturated carbocycles. The normalized spacial score (nSPS) is 22.0. The maximum atomic E-state index is 11.4. The number of carbonyl (C=O) groups excluding carboxylic acids is 1. The van der Waals surface area contributed by atoms with Crippen LogP contribution in [0.4, 0.5) is 0 Å². The van der Waals surface area contributed by atoms with E-state index in [1.807, 2.05) is 0 Å². The zero-order valence-electron chi connectivity index (χ0n) is 7.35. The summed E-state index contributed by atoms with van der Waals surface area (Å²) in [5.74, 6) is 0.275. The lowest BCUT2D eigenvalue weighted by atomic mass is 9.84. The lowest BCUT2D eigenvalue weighted by molar-refractivity contribution is -0.131. The molecule has 0 atom stereocenters. The summed E-state index contributed by atoms with van der Waals surface area (Å²) in [7, 11) is 1.58. The van der Waals surface area contributed by atoms with Gasteiger partial charge in [-0.15, -0.1) is 0 Å². The molecular weight excluding hydrogens is 140 g/mol. The molecule has 0 N–H and O–H groups in total. The van der Waals surface area contributed by atoms with E-state index in [1.54, 1.807) is 7.11 Å². The van der Waals surface area contributed by atoms with Gasteiger partial charge in [0.15, 0.2) is 5.78 Å². The van der Waals surface area contributed by atoms with E-state index in [9.17, 15) is 4.79 Å². The smallest absolute Gasteiger partial charge is 0.164 e. The molecule has 1 aliphatic rings. The van der Waals surface area contributed by atoms with Crippen molar-refractivity contribution in [2.45, 2.75) is 32.6 Å². The second-order valence-corrected chi connectivity index (χ2v) is 3.62. The predicted octanol–water partition coefficient (Wildman–Crippen LogP) is 1.78. The van der Waals surface area contributed by atoms with Crippen LogP contribution >= 0.6 is 0 Å². The first kappa shape index (κ1) is 8.72. The van der Waals surface area contributed by atoms with E-state index in [2.05, 4.69) is 6.92 Å². The molecule has 0 unspecified atom stereocenters. The quantitative estimate of drug-likeness (QED) is 0.622. The van der Waals surface area contributed by atoms with Gasteiger partial charge >= 0.3 is 0 Å². The van der Waals surface area contributed by atoms with Crippen molar-refractivity contribution >= 4 is 5.78 Å². The van der Waals surface area contributed by atoms with Crippen LogP contribution in [-0.2, 0) is 9.53 Å². The molecule has 1 fully saturated rings. The van der Waals surface area contributed by atoms with Crippen LogP contribution in [0.2, 0.25) is 0 Å². The summed E-state index contributed by atoms with van der Waals surface area (Å²) in [6, 6.07) is 0. The van der Waals surface area contributed by atoms with Crippen molar-refractivity contribution in [3.8, 4) is 0 Å². The molecule has 0 amide bonds. The topological polar surface area (TPSA) is 26.3 Å². The Bertz CT molecular complexity index is 146. The summed E-state index contributed by atoms with van der Waals surface area (Å²) >= 11 is 0. The van der Waals surface area contributed by atoms with E-state index in [4.69, 9.17) is 4.74 Å². The summed E-state index contributed by atoms with van der Waals surface area (Å²) < 4.78 is 4.83. The highest BCUT2D eigenvalue weighted by molar-refractivity contribution is 5.85. The maximum absolute atomic E-state index is 11.4. The van der Waals surface area contributed by atoms with Gasteiger partial charge in [0, 0.05) is 12.5 Å². The minimum atomic E-state index is -0.0595. The van der Waals surface area contributed by atoms with Crippen molar-refractivity contribution in [3.05, 3.63) is 0 Å². The molecule has 0 aromatic heterocycles. The number of ether oxygens (including phenoxy) is 1. The number of rotatable bonds is 3. The molecule has 64 valence electrons. The molecule has 0 radical (unpaired) electrons. The fourth-order valence-electron chi connectivity index (χ4n) is 1.74. The number of ketones is 1. The molecule has 11 heavy (non-hydrogen) atoms. The number of methoxy groups -OCH3 is 1. The number of carbonyl (C=O) groups is 1. The number of Topliss-reactive ketones (excluding diaryl/α,β-unsaturated/α-hetero) is 1. The van der Waals surface area contributed by atoms with Crippen LogP contribution in [0.25, 0.3) is 0 Å². The Morgan fingerprint density at radius 1 is 1.45 bits per heavy atom. The molecule has 0 aromatic rings. The zero-order valence-corrected chi connectivity index (χ0v) is 7.35. The first-order valence-corrected chi connectivity index (χ1v) is 4.21. The molecule has 0 aromatic carbocycles. The Balaban J connectivity index is 2.49. The fraction of sp³-hybridized carbons (Fsp3) is 0.889. The second kappa shape index (κ2) is 3.35. The van der Waals surface area contributed by atoms with Gasteiger partial charge in [-0.25, -0.2) is 0 Å². The first-order chi connectivity index (χ1) is 5.19. The van der Waals surface area contributed by atoms with Crippen molar-refractivity contribution in [2.75, 3.05) is 13.7 Å². The van der Waals surface area contributed by atoms with Gasteiger partial charge in [-0.05, 0) is 12.8 Å². The Kier molecular flexibility index (Phi) is 2.66. The van der Waals surface area contributed by atoms with Gasteiger partial charge in [0.05, 0.1) is 0 Å². The van der Waals surface area contributed by atoms with Gasteiger partial charge in [0.1, 0.15) is 6.61 Å². The zero-order chi connectivity index (χ0) is 8.32. The van der Waals surface area contributed by atoms with Crippen LogP contribution in [0.15, 0.2) is 0 Å². The van der Waals surface area contributed by atoms with E-state index in [0.29, 0.717) is 0 Å². The predicted molar refractivity (Wildman–Crippen MR) is 43.5 cm³/mol. The van der Waals surface area contributed by atoms with Gasteiger partial charge in [0.25, 0.3) is 0 Å². The van der Waals surface area contributed by atoms with Crippen LogP contribution < -0.4 is 0 Å². The Morgan fingerprint density at radius 3 is 2.45 bits per heavy atom. The average molecular weight is 156 g/mol. The van der Waals surface area contributed by atoms with Gasteiger partial charge < -0.3 is 4.74 Å². The van der Waals surface area contributed by atoms with Crippen molar-refractivity contribution in [2.24, 2.45) is 5.41 Å². The summed E-state index contributed by atoms with van der Waals surface area (Å²) in [5.41, 5.74) is -0.0595. The van der Waals surface area contributed by atoms with E-state index in [0.717, 1.165) is 12.8 Å². The maximum Gasteiger partial charge on any atom is 0.164 e. The molecule has 2 nitrogen and oxygen atoms in total. The number of hydrogen-bond acceptors (Lipinski definition) is 2. The van der Waals surface area contributed by atoms with Crippen LogP contribution in [0.1, 0.15) is 32.6 Å². The van der Waals surface area contributed by atoms with Crippen LogP contribution in [0.5, 0.6) is 0 Å². The highest BCUT2D eigenvalue weighted by Gasteiger charge is 2.35. The molecule has 0 bridgehead atoms. The lowest BCUT2D eigenvalue weighted by Crippen LogP contribution is -2.27. The molecule has 0 aliphatic heterocycles. The van der Waals surface area contributed by atoms with Crippen molar-refractivity contribution in [3.63, 3.8) is 0 Å². The largest absolute Gasteiger partial charge is 0.377 e. The minimum absolute atomic E-state index is 0.0595. The minimum Gasteiger partial charge on any atom is -0.377 e. The average Bonchev–Trinajstić information content (AvgIpc) is 2.38. The fourth-order valence-corrected chi connectivity index (χ4v) is 1.74. The third-order valence-electron chi connectivity index (χ3n) is 2.66. The molecule has 1 aliphatic carbocycles. The third kappa shape index (κ3) is 1.80. The van der Waals surface area contributed by atoms with E-state index in [-0.39, 0.29) is 17.8 Å². The van der Waals surface area contributed by atoms with Crippen molar-refractivity contribution in [1.82, 2.24) is 0 Å². The van der Waals surface area contributed by atoms with Crippen LogP contribution in [0.3, 0.4) is 0 Å². The summed E-state index contributed by atoms with van der Waals surface area (Å²) in [4.78, 5) is 11.4. The van der Waals surface area contributed by atoms with Gasteiger partial charge in [0.2, 0.25) is 0 Å². The summed E-state index contributed by atoms with van der Waals surface area (Å²) in [5, 5.41) is 0. The SMILES string of the molecule is COCC(=O)C1(C)CCCC1. The highest BCUT2D eigenvalue weighted by atomic mass is 16.5. The Morgan fingerprint density at radius 2 is 2.00 bits per heavy atom. The van der Waals surface area contributed by atoms with Gasteiger partial charge in [-0.1, -0.05) is 19.8 Å². The lowest BCUT2D eigenvalue weighted by Gasteiger charge is -2.20. The van der Waals surface area contributed by atoms with E-state index in [1.165, 1.54) is 12.8 Å². The highest BCUT2D eigenvalue weighted by Crippen LogP contribution is 2.38. The third-order valence-corrected chi connectivity index (χ3v) is 2.66. The van der Waals surface area contributed by atoms with Gasteiger partial charge in [-0.3, -0.25) is 4.79 Å². The number of hydrogen-bond donors (Lipinski definition) is 0. The standard InChI is InChI=1S/C9H16O2/c1-9(5-3-4-6-9)8(10)7-11-2/h3-7H2,1-2H3. The van der Waals surface area contributed by atoms with Gasteiger partial charge in [-0.2, -0.15) is 0 Å².